The van der Waals surface area contributed by atoms with Crippen LogP contribution in [0.15, 0.2) is 23.1 Å². The number of rotatable bonds is 6. The molecule has 1 aliphatic heterocycles. The fourth-order valence-corrected chi connectivity index (χ4v) is 6.57. The second-order valence-corrected chi connectivity index (χ2v) is 10.2. The van der Waals surface area contributed by atoms with Gasteiger partial charge in [0.2, 0.25) is 10.0 Å². The van der Waals surface area contributed by atoms with Gasteiger partial charge in [0.25, 0.3) is 5.69 Å². The number of hydrogen-bond donors (Lipinski definition) is 1. The number of benzene rings is 1. The number of nitro benzene ring substituents is 1. The van der Waals surface area contributed by atoms with Crippen molar-refractivity contribution in [2.45, 2.75) is 43.5 Å². The van der Waals surface area contributed by atoms with Crippen LogP contribution in [0.1, 0.15) is 32.6 Å². The summed E-state index contributed by atoms with van der Waals surface area (Å²) >= 11 is 0. The number of morpholine rings is 1. The number of nitrogens with one attached hydrogen (secondary N) is 1. The first kappa shape index (κ1) is 19.6. The van der Waals surface area contributed by atoms with Crippen LogP contribution in [0.4, 0.5) is 11.4 Å². The van der Waals surface area contributed by atoms with Crippen LogP contribution in [-0.4, -0.2) is 50.0 Å². The lowest BCUT2D eigenvalue weighted by Crippen LogP contribution is -2.40. The van der Waals surface area contributed by atoms with Gasteiger partial charge in [-0.05, 0) is 56.1 Å². The first-order valence-corrected chi connectivity index (χ1v) is 11.4. The van der Waals surface area contributed by atoms with Crippen LogP contribution >= 0.6 is 0 Å². The zero-order valence-electron chi connectivity index (χ0n) is 16.0. The Kier molecular flexibility index (Phi) is 5.32. The minimum absolute atomic E-state index is 0.0424. The maximum atomic E-state index is 12.8. The summed E-state index contributed by atoms with van der Waals surface area (Å²) in [4.78, 5) is 11.1. The normalized spacial score (nSPS) is 29.0. The van der Waals surface area contributed by atoms with E-state index >= 15 is 0 Å². The van der Waals surface area contributed by atoms with E-state index in [9.17, 15) is 18.5 Å². The molecular weight excluding hydrogens is 382 g/mol. The summed E-state index contributed by atoms with van der Waals surface area (Å²) in [6, 6.07) is 4.31. The number of nitro groups is 1. The Morgan fingerprint density at radius 3 is 2.61 bits per heavy atom. The minimum Gasteiger partial charge on any atom is -0.379 e. The molecule has 9 heteroatoms. The van der Waals surface area contributed by atoms with Crippen LogP contribution < -0.4 is 5.32 Å². The third-order valence-electron chi connectivity index (χ3n) is 6.59. The van der Waals surface area contributed by atoms with Crippen LogP contribution in [0.3, 0.4) is 0 Å². The van der Waals surface area contributed by atoms with Gasteiger partial charge in [0, 0.05) is 25.2 Å². The van der Waals surface area contributed by atoms with Crippen molar-refractivity contribution in [3.8, 4) is 0 Å². The van der Waals surface area contributed by atoms with E-state index in [1.807, 2.05) is 0 Å². The zero-order valence-corrected chi connectivity index (χ0v) is 16.9. The highest BCUT2D eigenvalue weighted by Gasteiger charge is 2.42. The van der Waals surface area contributed by atoms with Crippen molar-refractivity contribution in [2.24, 2.45) is 17.8 Å². The van der Waals surface area contributed by atoms with E-state index in [1.54, 1.807) is 0 Å². The van der Waals surface area contributed by atoms with E-state index in [2.05, 4.69) is 12.2 Å². The molecule has 0 amide bonds. The topological polar surface area (TPSA) is 102 Å². The molecule has 4 atom stereocenters. The lowest BCUT2D eigenvalue weighted by molar-refractivity contribution is -0.384. The summed E-state index contributed by atoms with van der Waals surface area (Å²) in [6.45, 7) is 3.27. The summed E-state index contributed by atoms with van der Waals surface area (Å²) in [6.07, 6.45) is 5.01. The van der Waals surface area contributed by atoms with Crippen LogP contribution in [0.25, 0.3) is 0 Å². The van der Waals surface area contributed by atoms with Gasteiger partial charge in [-0.3, -0.25) is 10.1 Å². The molecule has 2 aliphatic carbocycles. The highest BCUT2D eigenvalue weighted by atomic mass is 32.2. The van der Waals surface area contributed by atoms with Gasteiger partial charge in [-0.25, -0.2) is 8.42 Å². The van der Waals surface area contributed by atoms with E-state index in [4.69, 9.17) is 4.74 Å². The molecule has 0 aromatic heterocycles. The standard InChI is InChI=1S/C19H27N3O5S/c1-13(17-11-14-2-3-15(17)10-14)20-18-5-4-16(12-19(18)22(23)24)28(25,26)21-6-8-27-9-7-21/h4-5,12-15,17,20H,2-3,6-11H2,1H3/t13-,14+,15+,17+/m0/s1. The molecule has 0 spiro atoms. The maximum Gasteiger partial charge on any atom is 0.293 e. The Hall–Kier alpha value is -1.71. The Balaban J connectivity index is 1.56. The SMILES string of the molecule is C[C@H](Nc1ccc(S(=O)(=O)N2CCOCC2)cc1[N+](=O)[O-])[C@H]1C[C@@H]2CC[C@@H]1C2. The van der Waals surface area contributed by atoms with Crippen molar-refractivity contribution >= 4 is 21.4 Å². The number of anilines is 1. The van der Waals surface area contributed by atoms with E-state index in [0.29, 0.717) is 30.7 Å². The van der Waals surface area contributed by atoms with E-state index in [0.717, 1.165) is 5.92 Å². The Labute approximate surface area is 165 Å². The van der Waals surface area contributed by atoms with Crippen molar-refractivity contribution in [3.63, 3.8) is 0 Å². The molecule has 2 bridgehead atoms. The van der Waals surface area contributed by atoms with Crippen LogP contribution in [0, 0.1) is 27.9 Å². The minimum atomic E-state index is -3.76. The third-order valence-corrected chi connectivity index (χ3v) is 8.49. The lowest BCUT2D eigenvalue weighted by Gasteiger charge is -2.29. The molecule has 1 saturated heterocycles. The molecule has 1 aromatic carbocycles. The summed E-state index contributed by atoms with van der Waals surface area (Å²) in [5, 5.41) is 15.0. The maximum absolute atomic E-state index is 12.8. The van der Waals surface area contributed by atoms with Gasteiger partial charge in [-0.1, -0.05) is 6.42 Å². The van der Waals surface area contributed by atoms with E-state index in [1.165, 1.54) is 48.2 Å². The number of sulfonamides is 1. The molecule has 3 aliphatic rings. The fourth-order valence-electron chi connectivity index (χ4n) is 5.14. The van der Waals surface area contributed by atoms with Crippen molar-refractivity contribution in [2.75, 3.05) is 31.6 Å². The molecule has 4 rings (SSSR count). The molecule has 1 N–H and O–H groups in total. The number of fused-ring (bicyclic) bond motifs is 2. The van der Waals surface area contributed by atoms with Crippen molar-refractivity contribution in [3.05, 3.63) is 28.3 Å². The molecule has 2 saturated carbocycles. The number of ether oxygens (including phenoxy) is 1. The molecular formula is C19H27N3O5S. The highest BCUT2D eigenvalue weighted by molar-refractivity contribution is 7.89. The van der Waals surface area contributed by atoms with Crippen molar-refractivity contribution < 1.29 is 18.1 Å². The Morgan fingerprint density at radius 2 is 2.00 bits per heavy atom. The number of nitrogens with zero attached hydrogens (tertiary/aromatic N) is 2. The van der Waals surface area contributed by atoms with Gasteiger partial charge in [0.15, 0.2) is 0 Å². The summed E-state index contributed by atoms with van der Waals surface area (Å²) in [5.41, 5.74) is 0.200. The van der Waals surface area contributed by atoms with Gasteiger partial charge in [-0.2, -0.15) is 4.31 Å². The van der Waals surface area contributed by atoms with Gasteiger partial charge in [0.05, 0.1) is 23.0 Å². The average Bonchev–Trinajstić information content (AvgIpc) is 3.32. The Bertz CT molecular complexity index is 853. The van der Waals surface area contributed by atoms with E-state index in [-0.39, 0.29) is 29.7 Å². The molecule has 28 heavy (non-hydrogen) atoms. The highest BCUT2D eigenvalue weighted by Crippen LogP contribution is 2.50. The van der Waals surface area contributed by atoms with Crippen LogP contribution in [-0.2, 0) is 14.8 Å². The molecule has 0 radical (unpaired) electrons. The van der Waals surface area contributed by atoms with Gasteiger partial charge in [0.1, 0.15) is 5.69 Å². The van der Waals surface area contributed by atoms with Gasteiger partial charge >= 0.3 is 0 Å². The largest absolute Gasteiger partial charge is 0.379 e. The van der Waals surface area contributed by atoms with E-state index < -0.39 is 14.9 Å². The monoisotopic (exact) mass is 409 g/mol. The molecule has 1 heterocycles. The first-order valence-electron chi connectivity index (χ1n) is 9.99. The van der Waals surface area contributed by atoms with Crippen LogP contribution in [0.2, 0.25) is 0 Å². The second kappa shape index (κ2) is 7.61. The zero-order chi connectivity index (χ0) is 19.9. The van der Waals surface area contributed by atoms with Crippen molar-refractivity contribution in [1.82, 2.24) is 4.31 Å². The summed E-state index contributed by atoms with van der Waals surface area (Å²) < 4.78 is 32.2. The summed E-state index contributed by atoms with van der Waals surface area (Å²) in [5.74, 6) is 2.03. The molecule has 154 valence electrons. The molecule has 1 aromatic rings. The predicted octanol–water partition coefficient (Wildman–Crippen LogP) is 2.85. The Morgan fingerprint density at radius 1 is 1.25 bits per heavy atom. The third kappa shape index (κ3) is 3.62. The molecule has 0 unspecified atom stereocenters. The quantitative estimate of drug-likeness (QED) is 0.573. The van der Waals surface area contributed by atoms with Gasteiger partial charge in [-0.15, -0.1) is 0 Å². The smallest absolute Gasteiger partial charge is 0.293 e. The summed E-state index contributed by atoms with van der Waals surface area (Å²) in [7, 11) is -3.76. The fraction of sp³-hybridized carbons (Fsp3) is 0.684. The second-order valence-electron chi connectivity index (χ2n) is 8.22. The lowest BCUT2D eigenvalue weighted by atomic mass is 9.84. The first-order chi connectivity index (χ1) is 13.4. The predicted molar refractivity (Wildman–Crippen MR) is 105 cm³/mol. The molecule has 8 nitrogen and oxygen atoms in total. The van der Waals surface area contributed by atoms with Crippen molar-refractivity contribution in [1.29, 1.82) is 0 Å². The average molecular weight is 410 g/mol. The molecule has 3 fully saturated rings. The van der Waals surface area contributed by atoms with Gasteiger partial charge < -0.3 is 10.1 Å². The number of hydrogen-bond acceptors (Lipinski definition) is 6. The van der Waals surface area contributed by atoms with Crippen LogP contribution in [0.5, 0.6) is 0 Å².